The number of benzene rings is 8. The number of aromatic nitrogens is 12. The fourth-order valence-electron chi connectivity index (χ4n) is 19.6. The Labute approximate surface area is 789 Å². The highest BCUT2D eigenvalue weighted by molar-refractivity contribution is 5.99. The summed E-state index contributed by atoms with van der Waals surface area (Å²) in [6.45, 7) is 29.5. The first-order chi connectivity index (χ1) is 66.5. The van der Waals surface area contributed by atoms with Crippen LogP contribution >= 0.6 is 0 Å². The number of anilines is 4. The summed E-state index contributed by atoms with van der Waals surface area (Å²) < 4.78 is 28.7. The highest BCUT2D eigenvalue weighted by Crippen LogP contribution is 2.40. The zero-order valence-corrected chi connectivity index (χ0v) is 77.8. The maximum absolute atomic E-state index is 14.7. The van der Waals surface area contributed by atoms with E-state index in [0.717, 1.165) is 261 Å². The summed E-state index contributed by atoms with van der Waals surface area (Å²) >= 11 is 0. The number of rotatable bonds is 13. The second-order valence-electron chi connectivity index (χ2n) is 35.8. The van der Waals surface area contributed by atoms with E-state index in [9.17, 15) is 9.18 Å². The van der Waals surface area contributed by atoms with Crippen LogP contribution in [0, 0.1) is 47.4 Å². The number of amides is 1. The van der Waals surface area contributed by atoms with Gasteiger partial charge in [0.1, 0.15) is 39.7 Å². The van der Waals surface area contributed by atoms with Crippen molar-refractivity contribution in [2.24, 2.45) is 0 Å². The molecule has 1 amide bonds. The Hall–Kier alpha value is -15.6. The molecule has 20 aromatic rings. The standard InChI is InChI=1S/C30H29N5O2.C28H26FN5.C28H27N5.C27H25N5/c1-20-16-27(26-18-25(37-3)8-9-28(26)32-20)29-19-31-30-17-23(10-11-35(29)30)22-4-6-24(7-5-22)34-14-12-33(13-15-34)21(2)36;1-18-13-24-23(15-19(2)32-28(24)25(29)14-18)26-17-31-27-16-21(7-10-34(26)27)20-3-5-22(6-4-20)33-11-8-30-9-12-33;1-19-3-8-26-24(15-19)25(16-20(2)31-26)27-18-30-28-17-22(9-12-33(27)28)21-4-6-23(7-5-21)32-13-10-29-11-14-32;1-19-16-24(23-4-2-3-5-25(23)30-19)26-18-29-27-17-21(10-13-32(26)27)20-6-8-22(9-7-20)31-14-11-28-12-15-31/h4-11,16-19H,12-15H2,1-3H3;3-7,10,13-17,30H,8-9,11-12H2,1-2H3;3-9,12,15-18,29H,10-11,13-14H2,1-2H3;2-10,13,16-18,28H,11-12,14-15H2,1H3. The number of halogens is 1. The summed E-state index contributed by atoms with van der Waals surface area (Å²) in [5.74, 6) is 0.666. The first-order valence-corrected chi connectivity index (χ1v) is 46.9. The molecule has 16 heterocycles. The lowest BCUT2D eigenvalue weighted by molar-refractivity contribution is -0.129. The van der Waals surface area contributed by atoms with Gasteiger partial charge in [0.2, 0.25) is 5.91 Å². The van der Waals surface area contributed by atoms with Gasteiger partial charge in [0.05, 0.1) is 71.2 Å². The van der Waals surface area contributed by atoms with Gasteiger partial charge in [0, 0.05) is 226 Å². The van der Waals surface area contributed by atoms with Crippen LogP contribution in [0.5, 0.6) is 5.75 Å². The summed E-state index contributed by atoms with van der Waals surface area (Å²) in [4.78, 5) is 60.6. The van der Waals surface area contributed by atoms with E-state index in [0.29, 0.717) is 5.52 Å². The molecule has 0 aliphatic carbocycles. The van der Waals surface area contributed by atoms with Gasteiger partial charge in [-0.05, 0) is 261 Å². The number of carbonyl (C=O) groups excluding carboxylic acids is 1. The molecule has 22 nitrogen and oxygen atoms in total. The normalized spacial score (nSPS) is 14.2. The predicted octanol–water partition coefficient (Wildman–Crippen LogP) is 20.8. The molecule has 0 unspecified atom stereocenters. The highest BCUT2D eigenvalue weighted by atomic mass is 19.1. The molecule has 4 aliphatic rings. The number of carbonyl (C=O) groups is 1. The number of aryl methyl sites for hydroxylation is 6. The third-order valence-electron chi connectivity index (χ3n) is 26.7. The molecule has 0 spiro atoms. The van der Waals surface area contributed by atoms with Crippen molar-refractivity contribution in [3.05, 3.63) is 332 Å². The number of ether oxygens (including phenoxy) is 1. The van der Waals surface area contributed by atoms with E-state index in [4.69, 9.17) is 29.7 Å². The molecule has 3 N–H and O–H groups in total. The molecule has 4 saturated heterocycles. The van der Waals surface area contributed by atoms with Gasteiger partial charge < -0.3 is 45.2 Å². The number of pyridine rings is 8. The average Bonchev–Trinajstić information content (AvgIpc) is 1.60. The summed E-state index contributed by atoms with van der Waals surface area (Å²) in [7, 11) is 1.68. The van der Waals surface area contributed by atoms with Crippen LogP contribution in [0.15, 0.2) is 292 Å². The summed E-state index contributed by atoms with van der Waals surface area (Å²) in [6, 6.07) is 85.0. The number of nitrogens with zero attached hydrogens (tertiary/aromatic N) is 17. The van der Waals surface area contributed by atoms with E-state index in [2.05, 4.69) is 294 Å². The van der Waals surface area contributed by atoms with Crippen molar-refractivity contribution in [3.63, 3.8) is 0 Å². The molecule has 8 aromatic carbocycles. The molecule has 4 fully saturated rings. The molecule has 0 radical (unpaired) electrons. The Morgan fingerprint density at radius 1 is 0.316 bits per heavy atom. The third-order valence-corrected chi connectivity index (χ3v) is 26.7. The van der Waals surface area contributed by atoms with E-state index in [1.807, 2.05) is 107 Å². The molecule has 4 aliphatic heterocycles. The van der Waals surface area contributed by atoms with Crippen LogP contribution in [0.3, 0.4) is 0 Å². The number of fused-ring (bicyclic) bond motifs is 8. The molecule has 136 heavy (non-hydrogen) atoms. The lowest BCUT2D eigenvalue weighted by Gasteiger charge is -2.35. The minimum absolute atomic E-state index is 0.152. The highest BCUT2D eigenvalue weighted by Gasteiger charge is 2.24. The fourth-order valence-corrected chi connectivity index (χ4v) is 19.6. The van der Waals surface area contributed by atoms with Gasteiger partial charge in [-0.25, -0.2) is 24.3 Å². The molecule has 23 heteroatoms. The van der Waals surface area contributed by atoms with Crippen LogP contribution in [0.1, 0.15) is 40.8 Å². The van der Waals surface area contributed by atoms with Crippen molar-refractivity contribution in [2.75, 3.05) is 131 Å². The van der Waals surface area contributed by atoms with Crippen molar-refractivity contribution < 1.29 is 13.9 Å². The summed E-state index contributed by atoms with van der Waals surface area (Å²) in [5, 5.41) is 14.4. The molecular weight excluding hydrogens is 1690 g/mol. The number of nitrogens with one attached hydrogen (secondary N) is 3. The third kappa shape index (κ3) is 18.0. The maximum atomic E-state index is 14.7. The Bertz CT molecular complexity index is 7860. The summed E-state index contributed by atoms with van der Waals surface area (Å²) in [5.41, 5.74) is 35.7. The fraction of sp³-hybridized carbons (Fsp3) is 0.212. The lowest BCUT2D eigenvalue weighted by atomic mass is 10.0. The minimum Gasteiger partial charge on any atom is -0.497 e. The number of piperazine rings is 4. The minimum atomic E-state index is -0.291. The number of hydrogen-bond acceptors (Lipinski definition) is 17. The Balaban J connectivity index is 0.000000109. The van der Waals surface area contributed by atoms with E-state index in [1.54, 1.807) is 14.0 Å². The monoisotopic (exact) mass is 1790 g/mol. The Kier molecular flexibility index (Phi) is 24.2. The topological polar surface area (TPSA) is 199 Å². The van der Waals surface area contributed by atoms with E-state index >= 15 is 0 Å². The van der Waals surface area contributed by atoms with Crippen molar-refractivity contribution >= 4 is 94.9 Å². The Morgan fingerprint density at radius 2 is 0.647 bits per heavy atom. The van der Waals surface area contributed by atoms with Gasteiger partial charge in [0.25, 0.3) is 0 Å². The van der Waals surface area contributed by atoms with E-state index in [-0.39, 0.29) is 11.7 Å². The largest absolute Gasteiger partial charge is 0.497 e. The van der Waals surface area contributed by atoms with Crippen molar-refractivity contribution in [1.82, 2.24) is 78.3 Å². The van der Waals surface area contributed by atoms with Gasteiger partial charge in [-0.2, -0.15) is 0 Å². The number of hydrogen-bond donors (Lipinski definition) is 3. The van der Waals surface area contributed by atoms with Crippen LogP contribution in [-0.2, 0) is 4.79 Å². The number of methoxy groups -OCH3 is 1. The van der Waals surface area contributed by atoms with Crippen LogP contribution in [0.25, 0.3) is 156 Å². The lowest BCUT2D eigenvalue weighted by Crippen LogP contribution is -2.48. The van der Waals surface area contributed by atoms with Crippen molar-refractivity contribution in [1.29, 1.82) is 0 Å². The van der Waals surface area contributed by atoms with Gasteiger partial charge in [-0.1, -0.05) is 78.4 Å². The van der Waals surface area contributed by atoms with Gasteiger partial charge in [-0.15, -0.1) is 0 Å². The SMILES string of the molecule is COc1ccc2nc(C)cc(-c3cnc4cc(-c5ccc(N6CCN(C(C)=O)CC6)cc5)ccn34)c2c1.Cc1cc(-c2cnc3cc(-c4ccc(N5CCNCC5)cc4)ccn23)c2ccccc2n1.Cc1cc(F)c2nc(C)cc(-c3cnc4cc(-c5ccc(N6CCNCC6)cc5)ccn34)c2c1.Cc1ccc2nc(C)cc(-c3cnc4cc(-c5ccc(N6CCNCC6)cc5)ccn34)c2c1. The smallest absolute Gasteiger partial charge is 0.219 e. The van der Waals surface area contributed by atoms with Crippen LogP contribution in [0.4, 0.5) is 27.1 Å². The first kappa shape index (κ1) is 87.1. The van der Waals surface area contributed by atoms with E-state index in [1.165, 1.54) is 62.2 Å². The molecule has 12 aromatic heterocycles. The Morgan fingerprint density at radius 3 is 1.03 bits per heavy atom. The first-order valence-electron chi connectivity index (χ1n) is 46.9. The van der Waals surface area contributed by atoms with Crippen LogP contribution in [-0.4, -0.2) is 180 Å². The van der Waals surface area contributed by atoms with Gasteiger partial charge in [0.15, 0.2) is 0 Å². The average molecular weight is 1800 g/mol. The zero-order valence-electron chi connectivity index (χ0n) is 77.8. The molecule has 24 rings (SSSR count). The maximum Gasteiger partial charge on any atom is 0.219 e. The second kappa shape index (κ2) is 37.8. The number of para-hydroxylation sites is 1. The molecule has 0 saturated carbocycles. The van der Waals surface area contributed by atoms with E-state index < -0.39 is 0 Å². The van der Waals surface area contributed by atoms with Crippen molar-refractivity contribution in [2.45, 2.75) is 48.5 Å². The zero-order chi connectivity index (χ0) is 92.6. The van der Waals surface area contributed by atoms with Crippen molar-refractivity contribution in [3.8, 4) is 95.3 Å². The molecule has 0 atom stereocenters. The van der Waals surface area contributed by atoms with Gasteiger partial charge in [-0.3, -0.25) is 42.3 Å². The number of imidazole rings is 4. The quantitative estimate of drug-likeness (QED) is 0.0983. The molecular formula is C113H107FN20O2. The molecule has 0 bridgehead atoms. The van der Waals surface area contributed by atoms with Crippen LogP contribution < -0.4 is 40.3 Å². The van der Waals surface area contributed by atoms with Gasteiger partial charge >= 0.3 is 0 Å². The summed E-state index contributed by atoms with van der Waals surface area (Å²) in [6.07, 6.45) is 16.1. The predicted molar refractivity (Wildman–Crippen MR) is 550 cm³/mol. The van der Waals surface area contributed by atoms with Crippen LogP contribution in [0.2, 0.25) is 0 Å². The second-order valence-corrected chi connectivity index (χ2v) is 35.8. The molecule has 678 valence electrons.